The number of benzene rings is 2. The van der Waals surface area contributed by atoms with Gasteiger partial charge in [-0.25, -0.2) is 0 Å². The highest BCUT2D eigenvalue weighted by Gasteiger charge is 1.95. The molecule has 2 aromatic rings. The molecule has 78 valence electrons. The number of hydrogen-bond acceptors (Lipinski definition) is 2. The number of para-hydroxylation sites is 1. The van der Waals surface area contributed by atoms with E-state index >= 15 is 0 Å². The molecule has 2 rings (SSSR count). The van der Waals surface area contributed by atoms with Gasteiger partial charge in [0.1, 0.15) is 17.2 Å². The molecule has 3 nitrogen and oxygen atoms in total. The van der Waals surface area contributed by atoms with Crippen LogP contribution in [0.3, 0.4) is 0 Å². The van der Waals surface area contributed by atoms with Crippen molar-refractivity contribution in [2.75, 3.05) is 0 Å². The van der Waals surface area contributed by atoms with Crippen LogP contribution in [0, 0.1) is 0 Å². The van der Waals surface area contributed by atoms with Crippen molar-refractivity contribution in [3.8, 4) is 17.2 Å². The summed E-state index contributed by atoms with van der Waals surface area (Å²) in [4.78, 5) is 0. The van der Waals surface area contributed by atoms with E-state index in [2.05, 4.69) is 0 Å². The lowest BCUT2D eigenvalue weighted by Crippen LogP contribution is -1.81. The van der Waals surface area contributed by atoms with Crippen molar-refractivity contribution in [1.29, 1.82) is 0 Å². The van der Waals surface area contributed by atoms with Gasteiger partial charge in [-0.15, -0.1) is 0 Å². The van der Waals surface area contributed by atoms with E-state index in [0.717, 1.165) is 5.75 Å². The summed E-state index contributed by atoms with van der Waals surface area (Å²) in [6.45, 7) is 0. The normalized spacial score (nSPS) is 9.07. The first-order valence-corrected chi connectivity index (χ1v) is 4.36. The van der Waals surface area contributed by atoms with Crippen LogP contribution in [-0.2, 0) is 0 Å². The summed E-state index contributed by atoms with van der Waals surface area (Å²) in [6, 6.07) is 16.2. The van der Waals surface area contributed by atoms with E-state index in [9.17, 15) is 0 Å². The largest absolute Gasteiger partial charge is 0.508 e. The van der Waals surface area contributed by atoms with Crippen LogP contribution < -0.4 is 4.74 Å². The van der Waals surface area contributed by atoms with Crippen LogP contribution in [0.25, 0.3) is 0 Å². The number of hydrogen-bond donors (Lipinski definition) is 1. The van der Waals surface area contributed by atoms with E-state index < -0.39 is 0 Å². The van der Waals surface area contributed by atoms with E-state index in [0.29, 0.717) is 5.75 Å². The molecule has 2 aromatic carbocycles. The smallest absolute Gasteiger partial charge is 0.127 e. The Morgan fingerprint density at radius 3 is 1.87 bits per heavy atom. The highest BCUT2D eigenvalue weighted by Crippen LogP contribution is 2.22. The predicted molar refractivity (Wildman–Crippen MR) is 58.2 cm³/mol. The molecule has 0 heterocycles. The van der Waals surface area contributed by atoms with E-state index in [4.69, 9.17) is 9.84 Å². The zero-order valence-corrected chi connectivity index (χ0v) is 8.05. The van der Waals surface area contributed by atoms with Crippen molar-refractivity contribution in [1.82, 2.24) is 0 Å². The Morgan fingerprint density at radius 1 is 0.733 bits per heavy atom. The zero-order chi connectivity index (χ0) is 9.80. The second kappa shape index (κ2) is 5.02. The topological polar surface area (TPSA) is 61.0 Å². The van der Waals surface area contributed by atoms with Crippen LogP contribution in [-0.4, -0.2) is 10.6 Å². The third kappa shape index (κ3) is 3.00. The van der Waals surface area contributed by atoms with Gasteiger partial charge >= 0.3 is 0 Å². The minimum atomic E-state index is 0. The maximum Gasteiger partial charge on any atom is 0.127 e. The molecular weight excluding hydrogens is 192 g/mol. The Kier molecular flexibility index (Phi) is 3.71. The molecule has 15 heavy (non-hydrogen) atoms. The minimum Gasteiger partial charge on any atom is -0.508 e. The Balaban J connectivity index is 0.00000112. The molecule has 0 spiro atoms. The maximum absolute atomic E-state index is 9.07. The fourth-order valence-electron chi connectivity index (χ4n) is 1.14. The Morgan fingerprint density at radius 2 is 1.27 bits per heavy atom. The second-order valence-corrected chi connectivity index (χ2v) is 2.91. The number of phenolic OH excluding ortho intramolecular Hbond substituents is 1. The summed E-state index contributed by atoms with van der Waals surface area (Å²) in [5.74, 6) is 1.75. The van der Waals surface area contributed by atoms with Crippen molar-refractivity contribution < 1.29 is 15.3 Å². The quantitative estimate of drug-likeness (QED) is 0.816. The Hall–Kier alpha value is -2.00. The van der Waals surface area contributed by atoms with Gasteiger partial charge in [0.05, 0.1) is 0 Å². The molecule has 0 saturated heterocycles. The molecule has 0 radical (unpaired) electrons. The number of rotatable bonds is 2. The van der Waals surface area contributed by atoms with Crippen LogP contribution in [0.15, 0.2) is 54.6 Å². The van der Waals surface area contributed by atoms with Crippen molar-refractivity contribution in [2.45, 2.75) is 0 Å². The van der Waals surface area contributed by atoms with Gasteiger partial charge in [-0.2, -0.15) is 0 Å². The molecule has 0 atom stereocenters. The van der Waals surface area contributed by atoms with Crippen molar-refractivity contribution in [3.63, 3.8) is 0 Å². The van der Waals surface area contributed by atoms with Crippen molar-refractivity contribution in [3.05, 3.63) is 54.6 Å². The molecular formula is C12H12O3. The third-order valence-corrected chi connectivity index (χ3v) is 1.82. The summed E-state index contributed by atoms with van der Waals surface area (Å²) in [6.07, 6.45) is 0. The van der Waals surface area contributed by atoms with Gasteiger partial charge in [-0.3, -0.25) is 0 Å². The van der Waals surface area contributed by atoms with Gasteiger partial charge in [-0.05, 0) is 36.4 Å². The maximum atomic E-state index is 9.07. The molecule has 0 aliphatic carbocycles. The fraction of sp³-hybridized carbons (Fsp3) is 0. The van der Waals surface area contributed by atoms with E-state index in [1.807, 2.05) is 30.3 Å². The molecule has 3 heteroatoms. The number of aromatic hydroxyl groups is 1. The lowest BCUT2D eigenvalue weighted by molar-refractivity contribution is 0.464. The molecule has 0 fully saturated rings. The SMILES string of the molecule is O.Oc1ccc(Oc2ccccc2)cc1. The molecule has 0 aliphatic heterocycles. The summed E-state index contributed by atoms with van der Waals surface area (Å²) in [5, 5.41) is 9.07. The van der Waals surface area contributed by atoms with Gasteiger partial charge in [0.2, 0.25) is 0 Å². The van der Waals surface area contributed by atoms with Gasteiger partial charge in [0.25, 0.3) is 0 Å². The van der Waals surface area contributed by atoms with Gasteiger partial charge < -0.3 is 15.3 Å². The molecule has 3 N–H and O–H groups in total. The predicted octanol–water partition coefficient (Wildman–Crippen LogP) is 2.36. The molecule has 0 aliphatic rings. The molecule has 0 saturated carbocycles. The summed E-state index contributed by atoms with van der Waals surface area (Å²) >= 11 is 0. The van der Waals surface area contributed by atoms with Crippen LogP contribution in [0.5, 0.6) is 17.2 Å². The second-order valence-electron chi connectivity index (χ2n) is 2.91. The average molecular weight is 204 g/mol. The Bertz CT molecular complexity index is 395. The number of phenols is 1. The summed E-state index contributed by atoms with van der Waals surface area (Å²) in [5.41, 5.74) is 0. The highest BCUT2D eigenvalue weighted by atomic mass is 16.5. The molecule has 0 aromatic heterocycles. The summed E-state index contributed by atoms with van der Waals surface area (Å²) < 4.78 is 5.52. The van der Waals surface area contributed by atoms with E-state index in [1.165, 1.54) is 0 Å². The summed E-state index contributed by atoms with van der Waals surface area (Å²) in [7, 11) is 0. The number of ether oxygens (including phenoxy) is 1. The van der Waals surface area contributed by atoms with Gasteiger partial charge in [0, 0.05) is 0 Å². The van der Waals surface area contributed by atoms with Crippen LogP contribution >= 0.6 is 0 Å². The van der Waals surface area contributed by atoms with Crippen molar-refractivity contribution in [2.24, 2.45) is 0 Å². The Labute approximate surface area is 87.9 Å². The standard InChI is InChI=1S/C12H10O2.H2O/c13-10-6-8-12(9-7-10)14-11-4-2-1-3-5-11;/h1-9,13H;1H2. The first kappa shape index (κ1) is 11.1. The lowest BCUT2D eigenvalue weighted by Gasteiger charge is -2.04. The molecule has 0 bridgehead atoms. The monoisotopic (exact) mass is 204 g/mol. The molecule has 0 unspecified atom stereocenters. The van der Waals surface area contributed by atoms with E-state index in [-0.39, 0.29) is 11.2 Å². The van der Waals surface area contributed by atoms with E-state index in [1.54, 1.807) is 24.3 Å². The zero-order valence-electron chi connectivity index (χ0n) is 8.05. The molecule has 0 amide bonds. The average Bonchev–Trinajstić information content (AvgIpc) is 2.23. The van der Waals surface area contributed by atoms with Gasteiger partial charge in [0.15, 0.2) is 0 Å². The highest BCUT2D eigenvalue weighted by molar-refractivity contribution is 5.34. The van der Waals surface area contributed by atoms with Crippen LogP contribution in [0.4, 0.5) is 0 Å². The third-order valence-electron chi connectivity index (χ3n) is 1.82. The first-order valence-electron chi connectivity index (χ1n) is 4.36. The minimum absolute atomic E-state index is 0. The lowest BCUT2D eigenvalue weighted by atomic mass is 10.3. The van der Waals surface area contributed by atoms with Crippen molar-refractivity contribution >= 4 is 0 Å². The van der Waals surface area contributed by atoms with Crippen LogP contribution in [0.2, 0.25) is 0 Å². The van der Waals surface area contributed by atoms with Crippen LogP contribution in [0.1, 0.15) is 0 Å². The fourth-order valence-corrected chi connectivity index (χ4v) is 1.14. The first-order chi connectivity index (χ1) is 6.84. The van der Waals surface area contributed by atoms with Gasteiger partial charge in [-0.1, -0.05) is 18.2 Å².